The molecule has 0 aliphatic carbocycles. The van der Waals surface area contributed by atoms with Crippen LogP contribution in [0.1, 0.15) is 5.56 Å². The van der Waals surface area contributed by atoms with Gasteiger partial charge in [-0.2, -0.15) is 0 Å². The minimum Gasteiger partial charge on any atom is -0.374 e. The monoisotopic (exact) mass is 254 g/mol. The summed E-state index contributed by atoms with van der Waals surface area (Å²) in [5, 5.41) is 4.20. The molecule has 1 aliphatic rings. The van der Waals surface area contributed by atoms with Crippen molar-refractivity contribution in [3.05, 3.63) is 34.9 Å². The standard InChI is InChI=1S/C13H19ClN2O/c1-16-5-6-17-13(10-16)9-15-8-11-3-2-4-12(14)7-11/h2-4,7,13,15H,5-6,8-10H2,1H3/t13-/m0/s1. The van der Waals surface area contributed by atoms with Gasteiger partial charge in [0.15, 0.2) is 0 Å². The van der Waals surface area contributed by atoms with Gasteiger partial charge in [-0.1, -0.05) is 23.7 Å². The molecular weight excluding hydrogens is 236 g/mol. The van der Waals surface area contributed by atoms with E-state index in [2.05, 4.69) is 23.3 Å². The van der Waals surface area contributed by atoms with Crippen molar-refractivity contribution in [3.8, 4) is 0 Å². The number of ether oxygens (including phenoxy) is 1. The molecule has 1 fully saturated rings. The lowest BCUT2D eigenvalue weighted by molar-refractivity contribution is -0.0182. The molecule has 0 saturated carbocycles. The normalized spacial score (nSPS) is 21.6. The van der Waals surface area contributed by atoms with Crippen LogP contribution in [0.15, 0.2) is 24.3 Å². The van der Waals surface area contributed by atoms with Crippen molar-refractivity contribution in [1.82, 2.24) is 10.2 Å². The van der Waals surface area contributed by atoms with Crippen LogP contribution in [0.2, 0.25) is 5.02 Å². The molecule has 0 radical (unpaired) electrons. The van der Waals surface area contributed by atoms with Crippen LogP contribution in [0.25, 0.3) is 0 Å². The van der Waals surface area contributed by atoms with E-state index in [4.69, 9.17) is 16.3 Å². The zero-order valence-corrected chi connectivity index (χ0v) is 10.9. The molecule has 1 atom stereocenters. The Morgan fingerprint density at radius 1 is 1.53 bits per heavy atom. The maximum Gasteiger partial charge on any atom is 0.0826 e. The van der Waals surface area contributed by atoms with E-state index >= 15 is 0 Å². The summed E-state index contributed by atoms with van der Waals surface area (Å²) < 4.78 is 5.68. The minimum atomic E-state index is 0.299. The summed E-state index contributed by atoms with van der Waals surface area (Å²) in [5.74, 6) is 0. The molecule has 0 unspecified atom stereocenters. The van der Waals surface area contributed by atoms with E-state index in [0.717, 1.165) is 37.8 Å². The Balaban J connectivity index is 1.72. The molecule has 17 heavy (non-hydrogen) atoms. The Bertz CT molecular complexity index is 359. The van der Waals surface area contributed by atoms with Crippen molar-refractivity contribution in [2.45, 2.75) is 12.6 Å². The first kappa shape index (κ1) is 12.8. The van der Waals surface area contributed by atoms with E-state index in [-0.39, 0.29) is 0 Å². The lowest BCUT2D eigenvalue weighted by Gasteiger charge is -2.30. The fourth-order valence-corrected chi connectivity index (χ4v) is 2.23. The van der Waals surface area contributed by atoms with Gasteiger partial charge in [-0.3, -0.25) is 0 Å². The lowest BCUT2D eigenvalue weighted by Crippen LogP contribution is -2.44. The average Bonchev–Trinajstić information content (AvgIpc) is 2.29. The highest BCUT2D eigenvalue weighted by molar-refractivity contribution is 6.30. The summed E-state index contributed by atoms with van der Waals surface area (Å²) in [6.45, 7) is 4.59. The number of hydrogen-bond acceptors (Lipinski definition) is 3. The number of likely N-dealkylation sites (N-methyl/N-ethyl adjacent to an activating group) is 1. The molecule has 1 N–H and O–H groups in total. The zero-order valence-electron chi connectivity index (χ0n) is 10.2. The molecule has 2 rings (SSSR count). The first-order valence-corrected chi connectivity index (χ1v) is 6.37. The van der Waals surface area contributed by atoms with Gasteiger partial charge in [-0.15, -0.1) is 0 Å². The molecule has 1 heterocycles. The highest BCUT2D eigenvalue weighted by Gasteiger charge is 2.16. The maximum atomic E-state index is 5.93. The van der Waals surface area contributed by atoms with Crippen LogP contribution in [0, 0.1) is 0 Å². The van der Waals surface area contributed by atoms with Gasteiger partial charge in [0, 0.05) is 31.2 Å². The van der Waals surface area contributed by atoms with Crippen LogP contribution in [-0.4, -0.2) is 44.3 Å². The third-order valence-corrected chi connectivity index (χ3v) is 3.17. The molecule has 4 heteroatoms. The molecule has 3 nitrogen and oxygen atoms in total. The van der Waals surface area contributed by atoms with E-state index in [1.807, 2.05) is 18.2 Å². The zero-order chi connectivity index (χ0) is 12.1. The van der Waals surface area contributed by atoms with E-state index < -0.39 is 0 Å². The average molecular weight is 255 g/mol. The fraction of sp³-hybridized carbons (Fsp3) is 0.538. The molecule has 1 aliphatic heterocycles. The lowest BCUT2D eigenvalue weighted by atomic mass is 10.2. The Hall–Kier alpha value is -0.610. The summed E-state index contributed by atoms with van der Waals surface area (Å²) in [7, 11) is 2.13. The van der Waals surface area contributed by atoms with Crippen molar-refractivity contribution < 1.29 is 4.74 Å². The molecule has 1 saturated heterocycles. The van der Waals surface area contributed by atoms with Gasteiger partial charge in [0.05, 0.1) is 12.7 Å². The molecule has 0 spiro atoms. The second kappa shape index (κ2) is 6.36. The van der Waals surface area contributed by atoms with Gasteiger partial charge in [0.25, 0.3) is 0 Å². The van der Waals surface area contributed by atoms with E-state index in [0.29, 0.717) is 6.10 Å². The van der Waals surface area contributed by atoms with Gasteiger partial charge in [-0.25, -0.2) is 0 Å². The van der Waals surface area contributed by atoms with Gasteiger partial charge in [-0.05, 0) is 24.7 Å². The number of nitrogens with one attached hydrogen (secondary N) is 1. The van der Waals surface area contributed by atoms with Gasteiger partial charge >= 0.3 is 0 Å². The van der Waals surface area contributed by atoms with Crippen molar-refractivity contribution in [3.63, 3.8) is 0 Å². The van der Waals surface area contributed by atoms with Crippen molar-refractivity contribution in [2.24, 2.45) is 0 Å². The number of halogens is 1. The molecule has 94 valence electrons. The van der Waals surface area contributed by atoms with Crippen LogP contribution in [0.3, 0.4) is 0 Å². The predicted molar refractivity (Wildman–Crippen MR) is 70.4 cm³/mol. The Kier molecular flexibility index (Phi) is 4.80. The van der Waals surface area contributed by atoms with Crippen LogP contribution in [-0.2, 0) is 11.3 Å². The highest BCUT2D eigenvalue weighted by Crippen LogP contribution is 2.10. The molecular formula is C13H19ClN2O. The third kappa shape index (κ3) is 4.28. The summed E-state index contributed by atoms with van der Waals surface area (Å²) in [6.07, 6.45) is 0.299. The smallest absolute Gasteiger partial charge is 0.0826 e. The number of benzene rings is 1. The van der Waals surface area contributed by atoms with Crippen molar-refractivity contribution in [1.29, 1.82) is 0 Å². The largest absolute Gasteiger partial charge is 0.374 e. The van der Waals surface area contributed by atoms with E-state index in [9.17, 15) is 0 Å². The number of morpholine rings is 1. The minimum absolute atomic E-state index is 0.299. The fourth-order valence-electron chi connectivity index (χ4n) is 2.01. The van der Waals surface area contributed by atoms with E-state index in [1.165, 1.54) is 5.56 Å². The second-order valence-corrected chi connectivity index (χ2v) is 4.95. The topological polar surface area (TPSA) is 24.5 Å². The number of hydrogen-bond donors (Lipinski definition) is 1. The first-order chi connectivity index (χ1) is 8.24. The third-order valence-electron chi connectivity index (χ3n) is 2.93. The molecule has 1 aromatic carbocycles. The molecule has 0 aromatic heterocycles. The summed E-state index contributed by atoms with van der Waals surface area (Å²) in [5.41, 5.74) is 1.21. The number of rotatable bonds is 4. The van der Waals surface area contributed by atoms with E-state index in [1.54, 1.807) is 0 Å². The molecule has 1 aromatic rings. The van der Waals surface area contributed by atoms with Gasteiger partial charge in [0.2, 0.25) is 0 Å². The second-order valence-electron chi connectivity index (χ2n) is 4.52. The van der Waals surface area contributed by atoms with Crippen molar-refractivity contribution in [2.75, 3.05) is 33.3 Å². The number of nitrogens with zero attached hydrogens (tertiary/aromatic N) is 1. The quantitative estimate of drug-likeness (QED) is 0.886. The SMILES string of the molecule is CN1CCO[C@@H](CNCc2cccc(Cl)c2)C1. The Morgan fingerprint density at radius 3 is 3.18 bits per heavy atom. The van der Waals surface area contributed by atoms with Gasteiger partial charge in [0.1, 0.15) is 0 Å². The molecule has 0 amide bonds. The highest BCUT2D eigenvalue weighted by atomic mass is 35.5. The predicted octanol–water partition coefficient (Wildman–Crippen LogP) is 1.76. The van der Waals surface area contributed by atoms with Gasteiger partial charge < -0.3 is 15.0 Å². The maximum absolute atomic E-state index is 5.93. The van der Waals surface area contributed by atoms with Crippen LogP contribution >= 0.6 is 11.6 Å². The van der Waals surface area contributed by atoms with Crippen LogP contribution in [0.5, 0.6) is 0 Å². The van der Waals surface area contributed by atoms with Crippen LogP contribution < -0.4 is 5.32 Å². The summed E-state index contributed by atoms with van der Waals surface area (Å²) >= 11 is 5.93. The summed E-state index contributed by atoms with van der Waals surface area (Å²) in [6, 6.07) is 7.93. The van der Waals surface area contributed by atoms with Crippen LogP contribution in [0.4, 0.5) is 0 Å². The molecule has 0 bridgehead atoms. The summed E-state index contributed by atoms with van der Waals surface area (Å²) in [4.78, 5) is 2.30. The first-order valence-electron chi connectivity index (χ1n) is 5.99. The Morgan fingerprint density at radius 2 is 2.41 bits per heavy atom. The van der Waals surface area contributed by atoms with Crippen molar-refractivity contribution >= 4 is 11.6 Å². The Labute approximate surface area is 108 Å².